The summed E-state index contributed by atoms with van der Waals surface area (Å²) >= 11 is 1.33. The first kappa shape index (κ1) is 21.6. The highest BCUT2D eigenvalue weighted by molar-refractivity contribution is 7.20. The Bertz CT molecular complexity index is 1090. The molecule has 2 aromatic heterocycles. The maximum atomic E-state index is 13.4. The zero-order valence-corrected chi connectivity index (χ0v) is 18.8. The van der Waals surface area contributed by atoms with E-state index in [1.165, 1.54) is 23.5 Å². The van der Waals surface area contributed by atoms with Crippen molar-refractivity contribution < 1.29 is 18.7 Å². The third-order valence-corrected chi connectivity index (χ3v) is 7.27. The van der Waals surface area contributed by atoms with Gasteiger partial charge in [-0.3, -0.25) is 4.79 Å². The van der Waals surface area contributed by atoms with Gasteiger partial charge in [0.25, 0.3) is 5.91 Å². The Morgan fingerprint density at radius 1 is 1.19 bits per heavy atom. The SMILES string of the molecule is COCc1nc(OC)c2c(C)c(C(=O)NCC3(c4ccc(F)cc4)CCCC3)sc2n1. The molecule has 1 amide bonds. The van der Waals surface area contributed by atoms with Crippen LogP contribution in [-0.2, 0) is 16.8 Å². The number of hydrogen-bond acceptors (Lipinski definition) is 6. The number of methoxy groups -OCH3 is 2. The van der Waals surface area contributed by atoms with Crippen LogP contribution in [0.2, 0.25) is 0 Å². The zero-order chi connectivity index (χ0) is 22.0. The first-order valence-electron chi connectivity index (χ1n) is 10.3. The molecule has 1 aromatic carbocycles. The van der Waals surface area contributed by atoms with Crippen LogP contribution < -0.4 is 10.1 Å². The third kappa shape index (κ3) is 4.14. The van der Waals surface area contributed by atoms with Crippen LogP contribution in [0.1, 0.15) is 52.3 Å². The van der Waals surface area contributed by atoms with Crippen molar-refractivity contribution in [1.29, 1.82) is 0 Å². The van der Waals surface area contributed by atoms with E-state index in [2.05, 4.69) is 15.3 Å². The number of fused-ring (bicyclic) bond motifs is 1. The summed E-state index contributed by atoms with van der Waals surface area (Å²) in [6, 6.07) is 6.68. The van der Waals surface area contributed by atoms with E-state index in [1.54, 1.807) is 14.2 Å². The van der Waals surface area contributed by atoms with E-state index in [0.717, 1.165) is 42.2 Å². The normalized spacial score (nSPS) is 15.4. The molecule has 0 unspecified atom stereocenters. The van der Waals surface area contributed by atoms with Gasteiger partial charge in [-0.25, -0.2) is 9.37 Å². The molecule has 1 aliphatic rings. The average molecular weight is 444 g/mol. The van der Waals surface area contributed by atoms with Crippen molar-refractivity contribution in [2.45, 2.75) is 44.6 Å². The molecule has 1 aliphatic carbocycles. The quantitative estimate of drug-likeness (QED) is 0.581. The van der Waals surface area contributed by atoms with Crippen LogP contribution in [0.4, 0.5) is 4.39 Å². The van der Waals surface area contributed by atoms with Crippen LogP contribution in [0.15, 0.2) is 24.3 Å². The first-order chi connectivity index (χ1) is 15.0. The fourth-order valence-electron chi connectivity index (χ4n) is 4.45. The molecule has 1 N–H and O–H groups in total. The Morgan fingerprint density at radius 3 is 2.55 bits per heavy atom. The van der Waals surface area contributed by atoms with Crippen molar-refractivity contribution in [3.8, 4) is 5.88 Å². The fourth-order valence-corrected chi connectivity index (χ4v) is 5.56. The Kier molecular flexibility index (Phi) is 6.20. The molecule has 1 saturated carbocycles. The summed E-state index contributed by atoms with van der Waals surface area (Å²) in [7, 11) is 3.14. The van der Waals surface area contributed by atoms with Crippen molar-refractivity contribution >= 4 is 27.5 Å². The molecule has 0 atom stereocenters. The van der Waals surface area contributed by atoms with Crippen molar-refractivity contribution in [1.82, 2.24) is 15.3 Å². The summed E-state index contributed by atoms with van der Waals surface area (Å²) in [5.74, 6) is 0.582. The number of nitrogens with zero attached hydrogens (tertiary/aromatic N) is 2. The number of aryl methyl sites for hydroxylation is 1. The summed E-state index contributed by atoms with van der Waals surface area (Å²) in [6.07, 6.45) is 4.16. The number of nitrogens with one attached hydrogen (secondary N) is 1. The molecule has 164 valence electrons. The predicted molar refractivity (Wildman–Crippen MR) is 118 cm³/mol. The average Bonchev–Trinajstić information content (AvgIpc) is 3.38. The van der Waals surface area contributed by atoms with Gasteiger partial charge in [-0.15, -0.1) is 11.3 Å². The fraction of sp³-hybridized carbons (Fsp3) is 0.435. The third-order valence-electron chi connectivity index (χ3n) is 6.08. The van der Waals surface area contributed by atoms with E-state index in [-0.39, 0.29) is 23.7 Å². The molecule has 2 heterocycles. The summed E-state index contributed by atoms with van der Waals surface area (Å²) in [4.78, 5) is 23.4. The molecule has 3 aromatic rings. The Hall–Kier alpha value is -2.58. The Morgan fingerprint density at radius 2 is 1.90 bits per heavy atom. The van der Waals surface area contributed by atoms with Crippen molar-refractivity contribution in [2.24, 2.45) is 0 Å². The topological polar surface area (TPSA) is 73.3 Å². The summed E-state index contributed by atoms with van der Waals surface area (Å²) in [6.45, 7) is 2.68. The minimum absolute atomic E-state index is 0.135. The molecule has 0 spiro atoms. The summed E-state index contributed by atoms with van der Waals surface area (Å²) in [5.41, 5.74) is 1.73. The zero-order valence-electron chi connectivity index (χ0n) is 18.0. The molecule has 0 aliphatic heterocycles. The number of rotatable bonds is 7. The smallest absolute Gasteiger partial charge is 0.261 e. The number of halogens is 1. The van der Waals surface area contributed by atoms with Gasteiger partial charge in [0, 0.05) is 19.1 Å². The number of benzene rings is 1. The van der Waals surface area contributed by atoms with Crippen LogP contribution in [0.25, 0.3) is 10.2 Å². The van der Waals surface area contributed by atoms with Gasteiger partial charge in [0.2, 0.25) is 5.88 Å². The van der Waals surface area contributed by atoms with E-state index in [4.69, 9.17) is 9.47 Å². The standard InChI is InChI=1S/C23H26FN3O3S/c1-14-18-21(30-3)26-17(12-29-2)27-22(18)31-19(14)20(28)25-13-23(10-4-5-11-23)15-6-8-16(24)9-7-15/h6-9H,4-5,10-13H2,1-3H3,(H,25,28). The minimum Gasteiger partial charge on any atom is -0.480 e. The number of carbonyl (C=O) groups is 1. The van der Waals surface area contributed by atoms with Crippen molar-refractivity contribution in [3.63, 3.8) is 0 Å². The van der Waals surface area contributed by atoms with Crippen LogP contribution in [0.3, 0.4) is 0 Å². The van der Waals surface area contributed by atoms with Gasteiger partial charge in [0.1, 0.15) is 17.3 Å². The second-order valence-corrected chi connectivity index (χ2v) is 8.99. The predicted octanol–water partition coefficient (Wildman–Crippen LogP) is 4.54. The second kappa shape index (κ2) is 8.88. The number of aromatic nitrogens is 2. The molecule has 0 bridgehead atoms. The molecule has 0 radical (unpaired) electrons. The van der Waals surface area contributed by atoms with Gasteiger partial charge in [-0.1, -0.05) is 25.0 Å². The number of amides is 1. The van der Waals surface area contributed by atoms with Crippen LogP contribution >= 0.6 is 11.3 Å². The van der Waals surface area contributed by atoms with Gasteiger partial charge < -0.3 is 14.8 Å². The number of ether oxygens (including phenoxy) is 2. The van der Waals surface area contributed by atoms with Crippen LogP contribution in [-0.4, -0.2) is 36.6 Å². The van der Waals surface area contributed by atoms with Gasteiger partial charge in [-0.05, 0) is 43.0 Å². The Balaban J connectivity index is 1.60. The van der Waals surface area contributed by atoms with E-state index in [0.29, 0.717) is 28.0 Å². The van der Waals surface area contributed by atoms with E-state index >= 15 is 0 Å². The molecule has 8 heteroatoms. The number of thiophene rings is 1. The monoisotopic (exact) mass is 443 g/mol. The molecule has 1 fully saturated rings. The van der Waals surface area contributed by atoms with Gasteiger partial charge in [-0.2, -0.15) is 4.98 Å². The summed E-state index contributed by atoms with van der Waals surface area (Å²) < 4.78 is 24.0. The largest absolute Gasteiger partial charge is 0.480 e. The van der Waals surface area contributed by atoms with Crippen LogP contribution in [0, 0.1) is 12.7 Å². The molecule has 31 heavy (non-hydrogen) atoms. The highest BCUT2D eigenvalue weighted by Crippen LogP contribution is 2.41. The van der Waals surface area contributed by atoms with E-state index in [9.17, 15) is 9.18 Å². The van der Waals surface area contributed by atoms with E-state index < -0.39 is 0 Å². The number of carbonyl (C=O) groups excluding carboxylic acids is 1. The Labute approximate surface area is 184 Å². The lowest BCUT2D eigenvalue weighted by Gasteiger charge is -2.30. The van der Waals surface area contributed by atoms with Gasteiger partial charge in [0.05, 0.1) is 17.4 Å². The molecule has 4 rings (SSSR count). The lowest BCUT2D eigenvalue weighted by atomic mass is 9.79. The maximum absolute atomic E-state index is 13.4. The number of hydrogen-bond donors (Lipinski definition) is 1. The summed E-state index contributed by atoms with van der Waals surface area (Å²) in [5, 5.41) is 3.89. The molecule has 6 nitrogen and oxygen atoms in total. The molecular weight excluding hydrogens is 417 g/mol. The molecular formula is C23H26FN3O3S. The maximum Gasteiger partial charge on any atom is 0.261 e. The van der Waals surface area contributed by atoms with Crippen molar-refractivity contribution in [3.05, 3.63) is 51.9 Å². The highest BCUT2D eigenvalue weighted by Gasteiger charge is 2.36. The minimum atomic E-state index is -0.246. The first-order valence-corrected chi connectivity index (χ1v) is 11.2. The van der Waals surface area contributed by atoms with Crippen LogP contribution in [0.5, 0.6) is 5.88 Å². The van der Waals surface area contributed by atoms with Gasteiger partial charge >= 0.3 is 0 Å². The van der Waals surface area contributed by atoms with Crippen molar-refractivity contribution in [2.75, 3.05) is 20.8 Å². The lowest BCUT2D eigenvalue weighted by Crippen LogP contribution is -2.39. The molecule has 0 saturated heterocycles. The second-order valence-electron chi connectivity index (χ2n) is 8.00. The van der Waals surface area contributed by atoms with Gasteiger partial charge in [0.15, 0.2) is 5.82 Å². The van der Waals surface area contributed by atoms with E-state index in [1.807, 2.05) is 19.1 Å². The highest BCUT2D eigenvalue weighted by atomic mass is 32.1. The lowest BCUT2D eigenvalue weighted by molar-refractivity contribution is 0.0946.